The van der Waals surface area contributed by atoms with Crippen LogP contribution in [0.4, 0.5) is 11.6 Å². The second-order valence-electron chi connectivity index (χ2n) is 4.74. The fourth-order valence-electron chi connectivity index (χ4n) is 1.78. The summed E-state index contributed by atoms with van der Waals surface area (Å²) in [5.41, 5.74) is 6.13. The lowest BCUT2D eigenvalue weighted by molar-refractivity contribution is -0.118. The summed E-state index contributed by atoms with van der Waals surface area (Å²) in [6.07, 6.45) is 2.93. The second kappa shape index (κ2) is 8.35. The highest BCUT2D eigenvalue weighted by atomic mass is 16.1. The van der Waals surface area contributed by atoms with Crippen LogP contribution in [0, 0.1) is 6.92 Å². The summed E-state index contributed by atoms with van der Waals surface area (Å²) in [5.74, 6) is 2.26. The Bertz CT molecular complexity index is 447. The number of carbonyl (C=O) groups is 1. The van der Waals surface area contributed by atoms with E-state index < -0.39 is 0 Å². The molecule has 0 atom stereocenters. The first kappa shape index (κ1) is 16.2. The van der Waals surface area contributed by atoms with Gasteiger partial charge in [-0.25, -0.2) is 9.97 Å². The van der Waals surface area contributed by atoms with E-state index in [9.17, 15) is 4.79 Å². The average molecular weight is 279 g/mol. The van der Waals surface area contributed by atoms with Crippen molar-refractivity contribution in [2.24, 2.45) is 5.73 Å². The summed E-state index contributed by atoms with van der Waals surface area (Å²) in [6.45, 7) is 7.71. The molecular weight excluding hydrogens is 254 g/mol. The molecule has 0 aromatic carbocycles. The predicted molar refractivity (Wildman–Crippen MR) is 81.8 cm³/mol. The van der Waals surface area contributed by atoms with E-state index in [-0.39, 0.29) is 5.91 Å². The molecule has 1 aromatic heterocycles. The van der Waals surface area contributed by atoms with Crippen LogP contribution in [-0.4, -0.2) is 29.0 Å². The van der Waals surface area contributed by atoms with Gasteiger partial charge in [0, 0.05) is 31.5 Å². The summed E-state index contributed by atoms with van der Waals surface area (Å²) in [5, 5.41) is 6.58. The number of rotatable bonds is 9. The molecular formula is C14H25N5O. The molecule has 112 valence electrons. The molecule has 1 aromatic rings. The van der Waals surface area contributed by atoms with Crippen molar-refractivity contribution in [3.05, 3.63) is 11.4 Å². The van der Waals surface area contributed by atoms with E-state index in [0.717, 1.165) is 42.4 Å². The Balaban J connectivity index is 2.74. The van der Waals surface area contributed by atoms with Gasteiger partial charge in [0.2, 0.25) is 5.91 Å². The number of nitrogens with one attached hydrogen (secondary N) is 2. The minimum absolute atomic E-state index is 0.272. The number of primary amides is 1. The number of anilines is 2. The highest BCUT2D eigenvalue weighted by Crippen LogP contribution is 2.20. The van der Waals surface area contributed by atoms with Crippen LogP contribution in [0.15, 0.2) is 0 Å². The molecule has 6 heteroatoms. The first-order valence-corrected chi connectivity index (χ1v) is 7.22. The van der Waals surface area contributed by atoms with Gasteiger partial charge in [-0.3, -0.25) is 4.79 Å². The molecule has 0 aliphatic carbocycles. The van der Waals surface area contributed by atoms with E-state index in [1.807, 2.05) is 13.8 Å². The van der Waals surface area contributed by atoms with Crippen molar-refractivity contribution >= 4 is 17.5 Å². The maximum atomic E-state index is 10.7. The van der Waals surface area contributed by atoms with Gasteiger partial charge in [-0.05, 0) is 19.8 Å². The zero-order valence-electron chi connectivity index (χ0n) is 12.6. The monoisotopic (exact) mass is 279 g/mol. The minimum atomic E-state index is -0.272. The fraction of sp³-hybridized carbons (Fsp3) is 0.643. The molecule has 4 N–H and O–H groups in total. The van der Waals surface area contributed by atoms with E-state index in [2.05, 4.69) is 27.5 Å². The molecule has 1 heterocycles. The summed E-state index contributed by atoms with van der Waals surface area (Å²) in [4.78, 5) is 19.7. The Kier molecular flexibility index (Phi) is 6.76. The number of nitrogens with zero attached hydrogens (tertiary/aromatic N) is 2. The van der Waals surface area contributed by atoms with E-state index >= 15 is 0 Å². The van der Waals surface area contributed by atoms with E-state index in [4.69, 9.17) is 5.73 Å². The molecule has 0 unspecified atom stereocenters. The van der Waals surface area contributed by atoms with Crippen LogP contribution in [0.3, 0.4) is 0 Å². The SMILES string of the molecule is CCCNc1nc(CC)nc(NCCCC(N)=O)c1C. The van der Waals surface area contributed by atoms with Crippen molar-refractivity contribution in [1.29, 1.82) is 0 Å². The number of aryl methyl sites for hydroxylation is 1. The Labute approximate surface area is 120 Å². The average Bonchev–Trinajstić information content (AvgIpc) is 2.43. The molecule has 0 radical (unpaired) electrons. The molecule has 0 aliphatic rings. The Morgan fingerprint density at radius 3 is 2.25 bits per heavy atom. The zero-order valence-corrected chi connectivity index (χ0v) is 12.6. The van der Waals surface area contributed by atoms with Crippen LogP contribution < -0.4 is 16.4 Å². The van der Waals surface area contributed by atoms with Crippen LogP contribution in [0.1, 0.15) is 44.5 Å². The molecule has 0 saturated carbocycles. The molecule has 1 amide bonds. The van der Waals surface area contributed by atoms with Gasteiger partial charge in [0.05, 0.1) is 0 Å². The normalized spacial score (nSPS) is 10.3. The van der Waals surface area contributed by atoms with Crippen LogP contribution in [0.2, 0.25) is 0 Å². The topological polar surface area (TPSA) is 92.9 Å². The zero-order chi connectivity index (χ0) is 15.0. The molecule has 0 aliphatic heterocycles. The summed E-state index contributed by atoms with van der Waals surface area (Å²) < 4.78 is 0. The summed E-state index contributed by atoms with van der Waals surface area (Å²) >= 11 is 0. The van der Waals surface area contributed by atoms with Crippen LogP contribution in [0.5, 0.6) is 0 Å². The summed E-state index contributed by atoms with van der Waals surface area (Å²) in [6, 6.07) is 0. The smallest absolute Gasteiger partial charge is 0.217 e. The van der Waals surface area contributed by atoms with Crippen molar-refractivity contribution in [1.82, 2.24) is 9.97 Å². The standard InChI is InChI=1S/C14H25N5O/c1-4-8-16-13-10(3)14(19-12(5-2)18-13)17-9-6-7-11(15)20/h4-9H2,1-3H3,(H2,15,20)(H2,16,17,18,19). The number of carbonyl (C=O) groups excluding carboxylic acids is 1. The number of aromatic nitrogens is 2. The molecule has 1 rings (SSSR count). The molecule has 0 spiro atoms. The minimum Gasteiger partial charge on any atom is -0.370 e. The van der Waals surface area contributed by atoms with E-state index in [0.29, 0.717) is 19.4 Å². The van der Waals surface area contributed by atoms with Gasteiger partial charge in [-0.1, -0.05) is 13.8 Å². The van der Waals surface area contributed by atoms with Gasteiger partial charge in [0.25, 0.3) is 0 Å². The largest absolute Gasteiger partial charge is 0.370 e. The molecule has 20 heavy (non-hydrogen) atoms. The quantitative estimate of drug-likeness (QED) is 0.600. The number of hydrogen-bond donors (Lipinski definition) is 3. The molecule has 0 fully saturated rings. The Hall–Kier alpha value is -1.85. The highest BCUT2D eigenvalue weighted by molar-refractivity contribution is 5.73. The van der Waals surface area contributed by atoms with Crippen molar-refractivity contribution in [2.75, 3.05) is 23.7 Å². The maximum Gasteiger partial charge on any atom is 0.217 e. The van der Waals surface area contributed by atoms with Crippen molar-refractivity contribution < 1.29 is 4.79 Å². The third-order valence-corrected chi connectivity index (χ3v) is 2.94. The third-order valence-electron chi connectivity index (χ3n) is 2.94. The van der Waals surface area contributed by atoms with Gasteiger partial charge >= 0.3 is 0 Å². The second-order valence-corrected chi connectivity index (χ2v) is 4.74. The van der Waals surface area contributed by atoms with Crippen LogP contribution in [-0.2, 0) is 11.2 Å². The number of hydrogen-bond acceptors (Lipinski definition) is 5. The lowest BCUT2D eigenvalue weighted by Gasteiger charge is -2.14. The van der Waals surface area contributed by atoms with Crippen molar-refractivity contribution in [2.45, 2.75) is 46.5 Å². The third kappa shape index (κ3) is 5.03. The van der Waals surface area contributed by atoms with E-state index in [1.165, 1.54) is 0 Å². The van der Waals surface area contributed by atoms with Gasteiger partial charge < -0.3 is 16.4 Å². The first-order valence-electron chi connectivity index (χ1n) is 7.22. The highest BCUT2D eigenvalue weighted by Gasteiger charge is 2.09. The maximum absolute atomic E-state index is 10.7. The Morgan fingerprint density at radius 1 is 1.15 bits per heavy atom. The lowest BCUT2D eigenvalue weighted by Crippen LogP contribution is -2.15. The van der Waals surface area contributed by atoms with Crippen molar-refractivity contribution in [3.8, 4) is 0 Å². The number of nitrogens with two attached hydrogens (primary N) is 1. The van der Waals surface area contributed by atoms with Crippen LogP contribution >= 0.6 is 0 Å². The van der Waals surface area contributed by atoms with Gasteiger partial charge in [0.15, 0.2) is 0 Å². The molecule has 0 bridgehead atoms. The van der Waals surface area contributed by atoms with Gasteiger partial charge in [-0.2, -0.15) is 0 Å². The van der Waals surface area contributed by atoms with E-state index in [1.54, 1.807) is 0 Å². The number of amides is 1. The van der Waals surface area contributed by atoms with Crippen LogP contribution in [0.25, 0.3) is 0 Å². The fourth-order valence-corrected chi connectivity index (χ4v) is 1.78. The van der Waals surface area contributed by atoms with Gasteiger partial charge in [-0.15, -0.1) is 0 Å². The van der Waals surface area contributed by atoms with Crippen molar-refractivity contribution in [3.63, 3.8) is 0 Å². The van der Waals surface area contributed by atoms with Gasteiger partial charge in [0.1, 0.15) is 17.5 Å². The predicted octanol–water partition coefficient (Wildman–Crippen LogP) is 1.85. The molecule has 0 saturated heterocycles. The first-order chi connectivity index (χ1) is 9.58. The molecule has 6 nitrogen and oxygen atoms in total. The lowest BCUT2D eigenvalue weighted by atomic mass is 10.2. The Morgan fingerprint density at radius 2 is 1.75 bits per heavy atom. The summed E-state index contributed by atoms with van der Waals surface area (Å²) in [7, 11) is 0.